The van der Waals surface area contributed by atoms with Gasteiger partial charge in [-0.1, -0.05) is 0 Å². The van der Waals surface area contributed by atoms with Crippen LogP contribution in [-0.4, -0.2) is 4.98 Å². The van der Waals surface area contributed by atoms with Crippen molar-refractivity contribution in [1.82, 2.24) is 4.98 Å². The number of thiazole rings is 1. The van der Waals surface area contributed by atoms with Crippen LogP contribution in [0.1, 0.15) is 21.1 Å². The zero-order valence-electron chi connectivity index (χ0n) is 9.97. The second-order valence-electron chi connectivity index (χ2n) is 4.04. The van der Waals surface area contributed by atoms with Crippen LogP contribution in [-0.2, 0) is 19.1 Å². The molecule has 0 bridgehead atoms. The Hall–Kier alpha value is -1.54. The lowest BCUT2D eigenvalue weighted by atomic mass is 10.1. The van der Waals surface area contributed by atoms with E-state index in [0.29, 0.717) is 6.07 Å². The summed E-state index contributed by atoms with van der Waals surface area (Å²) in [4.78, 5) is 3.38. The SMILES string of the molecule is NCc1sc(Cc2cc(F)cc(F)c2)nc1C(F)(F)F. The summed E-state index contributed by atoms with van der Waals surface area (Å²) < 4.78 is 64.1. The van der Waals surface area contributed by atoms with Gasteiger partial charge in [-0.2, -0.15) is 13.2 Å². The lowest BCUT2D eigenvalue weighted by Gasteiger charge is -2.03. The molecule has 108 valence electrons. The summed E-state index contributed by atoms with van der Waals surface area (Å²) in [6, 6.07) is 2.80. The molecule has 1 aromatic carbocycles. The molecule has 0 saturated carbocycles. The number of nitrogens with zero attached hydrogens (tertiary/aromatic N) is 1. The fourth-order valence-electron chi connectivity index (χ4n) is 1.72. The number of hydrogen-bond donors (Lipinski definition) is 1. The van der Waals surface area contributed by atoms with Crippen LogP contribution in [0, 0.1) is 11.6 Å². The Morgan fingerprint density at radius 1 is 1.10 bits per heavy atom. The zero-order chi connectivity index (χ0) is 14.9. The van der Waals surface area contributed by atoms with Gasteiger partial charge in [-0.05, 0) is 17.7 Å². The highest BCUT2D eigenvalue weighted by atomic mass is 32.1. The van der Waals surface area contributed by atoms with E-state index in [1.165, 1.54) is 0 Å². The van der Waals surface area contributed by atoms with Crippen molar-refractivity contribution in [3.63, 3.8) is 0 Å². The van der Waals surface area contributed by atoms with Gasteiger partial charge in [-0.3, -0.25) is 0 Å². The Morgan fingerprint density at radius 3 is 2.15 bits per heavy atom. The van der Waals surface area contributed by atoms with Gasteiger partial charge in [-0.25, -0.2) is 13.8 Å². The summed E-state index contributed by atoms with van der Waals surface area (Å²) in [5.41, 5.74) is 4.44. The van der Waals surface area contributed by atoms with Gasteiger partial charge < -0.3 is 5.73 Å². The molecule has 0 spiro atoms. The van der Waals surface area contributed by atoms with Gasteiger partial charge in [0.05, 0.1) is 9.88 Å². The molecule has 0 amide bonds. The number of nitrogens with two attached hydrogens (primary N) is 1. The highest BCUT2D eigenvalue weighted by molar-refractivity contribution is 7.11. The standard InChI is InChI=1S/C12H9F5N2S/c13-7-1-6(2-8(14)4-7)3-10-19-11(12(15,16)17)9(5-18)20-10/h1-2,4H,3,5,18H2. The van der Waals surface area contributed by atoms with E-state index in [1.807, 2.05) is 0 Å². The summed E-state index contributed by atoms with van der Waals surface area (Å²) in [7, 11) is 0. The Balaban J connectivity index is 2.32. The first-order valence-electron chi connectivity index (χ1n) is 5.50. The van der Waals surface area contributed by atoms with Crippen LogP contribution in [0.5, 0.6) is 0 Å². The van der Waals surface area contributed by atoms with Gasteiger partial charge >= 0.3 is 6.18 Å². The van der Waals surface area contributed by atoms with E-state index >= 15 is 0 Å². The van der Waals surface area contributed by atoms with Crippen molar-refractivity contribution in [3.8, 4) is 0 Å². The topological polar surface area (TPSA) is 38.9 Å². The lowest BCUT2D eigenvalue weighted by molar-refractivity contribution is -0.141. The van der Waals surface area contributed by atoms with Crippen LogP contribution in [0.3, 0.4) is 0 Å². The third-order valence-electron chi connectivity index (χ3n) is 2.47. The van der Waals surface area contributed by atoms with Gasteiger partial charge in [-0.15, -0.1) is 11.3 Å². The van der Waals surface area contributed by atoms with E-state index in [2.05, 4.69) is 4.98 Å². The molecule has 2 N–H and O–H groups in total. The molecule has 2 aromatic rings. The largest absolute Gasteiger partial charge is 0.434 e. The van der Waals surface area contributed by atoms with Crippen molar-refractivity contribution in [2.75, 3.05) is 0 Å². The van der Waals surface area contributed by atoms with E-state index in [-0.39, 0.29) is 28.4 Å². The molecule has 8 heteroatoms. The fourth-order valence-corrected chi connectivity index (χ4v) is 2.73. The zero-order valence-corrected chi connectivity index (χ0v) is 10.8. The molecular formula is C12H9F5N2S. The monoisotopic (exact) mass is 308 g/mol. The molecule has 2 rings (SSSR count). The second-order valence-corrected chi connectivity index (χ2v) is 5.20. The average Bonchev–Trinajstić information content (AvgIpc) is 2.70. The molecule has 0 aliphatic rings. The normalized spacial score (nSPS) is 11.9. The Kier molecular flexibility index (Phi) is 4.05. The van der Waals surface area contributed by atoms with Crippen molar-refractivity contribution in [2.24, 2.45) is 5.73 Å². The molecule has 0 aliphatic carbocycles. The van der Waals surface area contributed by atoms with E-state index in [9.17, 15) is 22.0 Å². The summed E-state index contributed by atoms with van der Waals surface area (Å²) in [6.45, 7) is -0.288. The molecule has 0 unspecified atom stereocenters. The molecular weight excluding hydrogens is 299 g/mol. The predicted octanol–water partition coefficient (Wildman–Crippen LogP) is 3.49. The predicted molar refractivity (Wildman–Crippen MR) is 64.2 cm³/mol. The van der Waals surface area contributed by atoms with Crippen LogP contribution in [0.4, 0.5) is 22.0 Å². The fraction of sp³-hybridized carbons (Fsp3) is 0.250. The van der Waals surface area contributed by atoms with E-state index in [0.717, 1.165) is 23.5 Å². The quantitative estimate of drug-likeness (QED) is 0.882. The smallest absolute Gasteiger partial charge is 0.326 e. The molecule has 0 fully saturated rings. The van der Waals surface area contributed by atoms with Crippen molar-refractivity contribution in [3.05, 3.63) is 51.0 Å². The Bertz CT molecular complexity index is 601. The van der Waals surface area contributed by atoms with Crippen molar-refractivity contribution >= 4 is 11.3 Å². The van der Waals surface area contributed by atoms with E-state index in [1.54, 1.807) is 0 Å². The Morgan fingerprint density at radius 2 is 1.70 bits per heavy atom. The maximum atomic E-state index is 13.0. The average molecular weight is 308 g/mol. The number of benzene rings is 1. The number of rotatable bonds is 3. The van der Waals surface area contributed by atoms with Crippen LogP contribution in [0.25, 0.3) is 0 Å². The first kappa shape index (κ1) is 14.9. The molecule has 20 heavy (non-hydrogen) atoms. The van der Waals surface area contributed by atoms with Crippen LogP contribution < -0.4 is 5.73 Å². The lowest BCUT2D eigenvalue weighted by Crippen LogP contribution is -2.10. The third kappa shape index (κ3) is 3.31. The molecule has 0 aliphatic heterocycles. The molecule has 1 heterocycles. The molecule has 0 saturated heterocycles. The maximum absolute atomic E-state index is 13.0. The number of alkyl halides is 3. The van der Waals surface area contributed by atoms with Gasteiger partial charge in [0.1, 0.15) is 11.6 Å². The van der Waals surface area contributed by atoms with Crippen molar-refractivity contribution in [2.45, 2.75) is 19.1 Å². The molecule has 1 aromatic heterocycles. The van der Waals surface area contributed by atoms with Gasteiger partial charge in [0.25, 0.3) is 0 Å². The van der Waals surface area contributed by atoms with E-state index in [4.69, 9.17) is 5.73 Å². The van der Waals surface area contributed by atoms with Gasteiger partial charge in [0.15, 0.2) is 5.69 Å². The van der Waals surface area contributed by atoms with Gasteiger partial charge in [0.2, 0.25) is 0 Å². The minimum Gasteiger partial charge on any atom is -0.326 e. The summed E-state index contributed by atoms with van der Waals surface area (Å²) >= 11 is 0.792. The van der Waals surface area contributed by atoms with E-state index < -0.39 is 23.5 Å². The van der Waals surface area contributed by atoms with Crippen LogP contribution in [0.15, 0.2) is 18.2 Å². The summed E-state index contributed by atoms with van der Waals surface area (Å²) in [5, 5.41) is 0.114. The van der Waals surface area contributed by atoms with Crippen molar-refractivity contribution < 1.29 is 22.0 Å². The molecule has 0 atom stereocenters. The summed E-state index contributed by atoms with van der Waals surface area (Å²) in [5.74, 6) is -1.57. The minimum absolute atomic E-state index is 0.0809. The van der Waals surface area contributed by atoms with Crippen molar-refractivity contribution in [1.29, 1.82) is 0 Å². The highest BCUT2D eigenvalue weighted by Crippen LogP contribution is 2.34. The molecule has 2 nitrogen and oxygen atoms in total. The third-order valence-corrected chi connectivity index (χ3v) is 3.55. The number of aromatic nitrogens is 1. The molecule has 0 radical (unpaired) electrons. The first-order valence-corrected chi connectivity index (χ1v) is 6.32. The minimum atomic E-state index is -4.59. The first-order chi connectivity index (χ1) is 9.29. The second kappa shape index (κ2) is 5.45. The van der Waals surface area contributed by atoms with Gasteiger partial charge in [0, 0.05) is 19.0 Å². The van der Waals surface area contributed by atoms with Crippen LogP contribution in [0.2, 0.25) is 0 Å². The maximum Gasteiger partial charge on any atom is 0.434 e. The summed E-state index contributed by atoms with van der Waals surface area (Å²) in [6.07, 6.45) is -4.67. The highest BCUT2D eigenvalue weighted by Gasteiger charge is 2.36. The number of hydrogen-bond acceptors (Lipinski definition) is 3. The number of halogens is 5. The Labute approximate surface area is 115 Å². The van der Waals surface area contributed by atoms with Crippen LogP contribution >= 0.6 is 11.3 Å².